The molecule has 5 heteroatoms. The van der Waals surface area contributed by atoms with E-state index in [1.165, 1.54) is 0 Å². The molecule has 0 atom stereocenters. The summed E-state index contributed by atoms with van der Waals surface area (Å²) >= 11 is 10.4. The number of hydrogen-bond donors (Lipinski definition) is 0. The summed E-state index contributed by atoms with van der Waals surface area (Å²) in [5.74, 6) is 1.76. The van der Waals surface area contributed by atoms with Crippen molar-refractivity contribution >= 4 is 47.8 Å². The number of aryl methyl sites for hydroxylation is 1. The van der Waals surface area contributed by atoms with Crippen molar-refractivity contribution in [3.8, 4) is 11.5 Å². The lowest BCUT2D eigenvalue weighted by atomic mass is 10.1. The number of hydrogen-bond acceptors (Lipinski definition) is 2. The molecule has 0 amide bonds. The van der Waals surface area contributed by atoms with Gasteiger partial charge in [-0.15, -0.1) is 0 Å². The van der Waals surface area contributed by atoms with E-state index in [1.54, 1.807) is 0 Å². The van der Waals surface area contributed by atoms with Crippen molar-refractivity contribution in [1.29, 1.82) is 0 Å². The van der Waals surface area contributed by atoms with E-state index in [1.807, 2.05) is 31.2 Å². The van der Waals surface area contributed by atoms with Gasteiger partial charge in [0.15, 0.2) is 0 Å². The molecule has 0 aliphatic carbocycles. The third kappa shape index (κ3) is 5.01. The van der Waals surface area contributed by atoms with Crippen molar-refractivity contribution in [3.05, 3.63) is 56.5 Å². The lowest BCUT2D eigenvalue weighted by molar-refractivity contribution is 0.215. The standard InChI is InChI=1S/C16H15Br3O2/c1-11-7-14(19)8-12(10-17)16(11)21-6-5-20-15-4-2-3-13(18)9-15/h2-4,7-9H,5-6,10H2,1H3. The zero-order chi connectivity index (χ0) is 15.2. The first-order valence-corrected chi connectivity index (χ1v) is 9.17. The fraction of sp³-hybridized carbons (Fsp3) is 0.250. The predicted octanol–water partition coefficient (Wildman–Crippen LogP) is 5.87. The molecule has 2 aromatic rings. The summed E-state index contributed by atoms with van der Waals surface area (Å²) in [5.41, 5.74) is 2.24. The van der Waals surface area contributed by atoms with Crippen molar-refractivity contribution < 1.29 is 9.47 Å². The molecule has 0 saturated carbocycles. The van der Waals surface area contributed by atoms with E-state index in [9.17, 15) is 0 Å². The molecule has 0 aromatic heterocycles. The molecule has 2 nitrogen and oxygen atoms in total. The largest absolute Gasteiger partial charge is 0.490 e. The van der Waals surface area contributed by atoms with Crippen LogP contribution in [0.4, 0.5) is 0 Å². The van der Waals surface area contributed by atoms with Crippen molar-refractivity contribution in [2.45, 2.75) is 12.3 Å². The second kappa shape index (κ2) is 8.20. The number of rotatable bonds is 6. The van der Waals surface area contributed by atoms with E-state index in [2.05, 4.69) is 59.9 Å². The van der Waals surface area contributed by atoms with Gasteiger partial charge in [-0.1, -0.05) is 53.9 Å². The molecule has 0 spiro atoms. The molecule has 2 rings (SSSR count). The molecule has 112 valence electrons. The zero-order valence-corrected chi connectivity index (χ0v) is 16.3. The van der Waals surface area contributed by atoms with Crippen LogP contribution < -0.4 is 9.47 Å². The smallest absolute Gasteiger partial charge is 0.126 e. The highest BCUT2D eigenvalue weighted by atomic mass is 79.9. The number of halogens is 3. The van der Waals surface area contributed by atoms with Gasteiger partial charge in [-0.05, 0) is 42.8 Å². The highest BCUT2D eigenvalue weighted by molar-refractivity contribution is 9.10. The molecule has 0 radical (unpaired) electrons. The average Bonchev–Trinajstić information content (AvgIpc) is 2.44. The first kappa shape index (κ1) is 16.8. The van der Waals surface area contributed by atoms with Crippen LogP contribution in [0.25, 0.3) is 0 Å². The van der Waals surface area contributed by atoms with Crippen LogP contribution in [0.5, 0.6) is 11.5 Å². The van der Waals surface area contributed by atoms with Crippen LogP contribution in [0.1, 0.15) is 11.1 Å². The molecular formula is C16H15Br3O2. The molecule has 0 saturated heterocycles. The maximum absolute atomic E-state index is 5.88. The fourth-order valence-corrected chi connectivity index (χ4v) is 3.38. The lowest BCUT2D eigenvalue weighted by Crippen LogP contribution is -2.10. The van der Waals surface area contributed by atoms with E-state index in [0.717, 1.165) is 36.9 Å². The maximum Gasteiger partial charge on any atom is 0.126 e. The molecule has 2 aromatic carbocycles. The van der Waals surface area contributed by atoms with E-state index in [0.29, 0.717) is 13.2 Å². The van der Waals surface area contributed by atoms with E-state index in [-0.39, 0.29) is 0 Å². The number of alkyl halides is 1. The lowest BCUT2D eigenvalue weighted by Gasteiger charge is -2.14. The molecule has 21 heavy (non-hydrogen) atoms. The van der Waals surface area contributed by atoms with Gasteiger partial charge in [-0.25, -0.2) is 0 Å². The monoisotopic (exact) mass is 476 g/mol. The summed E-state index contributed by atoms with van der Waals surface area (Å²) in [6.07, 6.45) is 0. The van der Waals surface area contributed by atoms with Crippen LogP contribution in [-0.2, 0) is 5.33 Å². The Balaban J connectivity index is 1.92. The van der Waals surface area contributed by atoms with Crippen LogP contribution >= 0.6 is 47.8 Å². The van der Waals surface area contributed by atoms with Gasteiger partial charge >= 0.3 is 0 Å². The van der Waals surface area contributed by atoms with Crippen molar-refractivity contribution in [3.63, 3.8) is 0 Å². The van der Waals surface area contributed by atoms with E-state index >= 15 is 0 Å². The van der Waals surface area contributed by atoms with Crippen LogP contribution in [0.3, 0.4) is 0 Å². The van der Waals surface area contributed by atoms with Crippen LogP contribution in [0.15, 0.2) is 45.3 Å². The number of benzene rings is 2. The summed E-state index contributed by atoms with van der Waals surface area (Å²) < 4.78 is 13.6. The van der Waals surface area contributed by atoms with Crippen molar-refractivity contribution in [2.24, 2.45) is 0 Å². The molecular weight excluding hydrogens is 464 g/mol. The minimum Gasteiger partial charge on any atom is -0.490 e. The Bertz CT molecular complexity index is 614. The van der Waals surface area contributed by atoms with Crippen molar-refractivity contribution in [2.75, 3.05) is 13.2 Å². The normalized spacial score (nSPS) is 10.5. The zero-order valence-electron chi connectivity index (χ0n) is 11.5. The van der Waals surface area contributed by atoms with Gasteiger partial charge in [0.25, 0.3) is 0 Å². The molecule has 0 heterocycles. The van der Waals surface area contributed by atoms with Gasteiger partial charge in [0.05, 0.1) is 0 Å². The second-order valence-electron chi connectivity index (χ2n) is 4.50. The predicted molar refractivity (Wildman–Crippen MR) is 96.6 cm³/mol. The summed E-state index contributed by atoms with van der Waals surface area (Å²) in [6, 6.07) is 11.9. The molecule has 0 aliphatic heterocycles. The maximum atomic E-state index is 5.88. The molecule has 0 unspecified atom stereocenters. The van der Waals surface area contributed by atoms with Gasteiger partial charge in [0, 0.05) is 19.8 Å². The average molecular weight is 479 g/mol. The van der Waals surface area contributed by atoms with Crippen molar-refractivity contribution in [1.82, 2.24) is 0 Å². The summed E-state index contributed by atoms with van der Waals surface area (Å²) in [4.78, 5) is 0. The molecule has 0 aliphatic rings. The third-order valence-corrected chi connectivity index (χ3v) is 4.41. The summed E-state index contributed by atoms with van der Waals surface area (Å²) in [7, 11) is 0. The Morgan fingerprint density at radius 3 is 2.43 bits per heavy atom. The molecule has 0 bridgehead atoms. The van der Waals surface area contributed by atoms with E-state index in [4.69, 9.17) is 9.47 Å². The van der Waals surface area contributed by atoms with Gasteiger partial charge in [-0.3, -0.25) is 0 Å². The molecule has 0 N–H and O–H groups in total. The Labute approximate surface area is 150 Å². The first-order valence-electron chi connectivity index (χ1n) is 6.46. The summed E-state index contributed by atoms with van der Waals surface area (Å²) in [5, 5.41) is 0.759. The minimum absolute atomic E-state index is 0.508. The molecule has 0 fully saturated rings. The number of ether oxygens (including phenoxy) is 2. The highest BCUT2D eigenvalue weighted by Gasteiger charge is 2.08. The Morgan fingerprint density at radius 1 is 0.952 bits per heavy atom. The first-order chi connectivity index (χ1) is 10.1. The topological polar surface area (TPSA) is 18.5 Å². The van der Waals surface area contributed by atoms with Crippen LogP contribution in [0.2, 0.25) is 0 Å². The van der Waals surface area contributed by atoms with Crippen LogP contribution in [0, 0.1) is 6.92 Å². The minimum atomic E-state index is 0.508. The Kier molecular flexibility index (Phi) is 6.58. The highest BCUT2D eigenvalue weighted by Crippen LogP contribution is 2.29. The fourth-order valence-electron chi connectivity index (χ4n) is 1.97. The SMILES string of the molecule is Cc1cc(Br)cc(CBr)c1OCCOc1cccc(Br)c1. The van der Waals surface area contributed by atoms with Gasteiger partial charge in [0.2, 0.25) is 0 Å². The third-order valence-electron chi connectivity index (χ3n) is 2.85. The summed E-state index contributed by atoms with van der Waals surface area (Å²) in [6.45, 7) is 3.06. The Hall–Kier alpha value is -0.520. The van der Waals surface area contributed by atoms with Gasteiger partial charge in [-0.2, -0.15) is 0 Å². The second-order valence-corrected chi connectivity index (χ2v) is 6.89. The quantitative estimate of drug-likeness (QED) is 0.381. The van der Waals surface area contributed by atoms with Gasteiger partial charge < -0.3 is 9.47 Å². The Morgan fingerprint density at radius 2 is 1.71 bits per heavy atom. The van der Waals surface area contributed by atoms with E-state index < -0.39 is 0 Å². The van der Waals surface area contributed by atoms with Gasteiger partial charge in [0.1, 0.15) is 24.7 Å². The van der Waals surface area contributed by atoms with Crippen LogP contribution in [-0.4, -0.2) is 13.2 Å².